The van der Waals surface area contributed by atoms with Gasteiger partial charge in [-0.3, -0.25) is 0 Å². The van der Waals surface area contributed by atoms with Crippen molar-refractivity contribution in [1.29, 1.82) is 0 Å². The zero-order chi connectivity index (χ0) is 8.43. The number of hydrogen-bond donors (Lipinski definition) is 0. The third kappa shape index (κ3) is 2.28. The van der Waals surface area contributed by atoms with Crippen LogP contribution in [0.2, 0.25) is 10.0 Å². The van der Waals surface area contributed by atoms with Crippen molar-refractivity contribution in [3.8, 4) is 0 Å². The van der Waals surface area contributed by atoms with Crippen LogP contribution in [-0.4, -0.2) is 6.26 Å². The quantitative estimate of drug-likeness (QED) is 0.536. The molecule has 0 aliphatic heterocycles. The average Bonchev–Trinajstić information content (AvgIpc) is 1.96. The Kier molecular flexibility index (Phi) is 3.56. The third-order valence-electron chi connectivity index (χ3n) is 1.18. The lowest BCUT2D eigenvalue weighted by Crippen LogP contribution is -1.75. The molecule has 0 aromatic heterocycles. The monoisotopic (exact) mass is 270 g/mol. The molecule has 1 rings (SSSR count). The summed E-state index contributed by atoms with van der Waals surface area (Å²) in [7, 11) is 0. The largest absolute Gasteiger partial charge is 0.128 e. The zero-order valence-electron chi connectivity index (χ0n) is 5.70. The van der Waals surface area contributed by atoms with Crippen LogP contribution in [0.25, 0.3) is 0 Å². The lowest BCUT2D eigenvalue weighted by atomic mass is 10.4. The Morgan fingerprint density at radius 3 is 2.55 bits per heavy atom. The minimum atomic E-state index is 0.700. The molecule has 0 amide bonds. The molecular formula is C7H5BrCl2S. The van der Waals surface area contributed by atoms with Crippen molar-refractivity contribution in [1.82, 2.24) is 0 Å². The SMILES string of the molecule is CSc1cc(Cl)cc(Br)c1Cl. The first-order valence-electron chi connectivity index (χ1n) is 2.83. The van der Waals surface area contributed by atoms with E-state index in [1.54, 1.807) is 17.8 Å². The molecule has 11 heavy (non-hydrogen) atoms. The number of halogens is 3. The maximum absolute atomic E-state index is 5.94. The molecule has 0 aliphatic rings. The van der Waals surface area contributed by atoms with Gasteiger partial charge in [0.25, 0.3) is 0 Å². The summed E-state index contributed by atoms with van der Waals surface area (Å²) >= 11 is 16.6. The Morgan fingerprint density at radius 1 is 1.36 bits per heavy atom. The van der Waals surface area contributed by atoms with Crippen molar-refractivity contribution in [2.24, 2.45) is 0 Å². The molecule has 1 aromatic rings. The van der Waals surface area contributed by atoms with Crippen LogP contribution in [0.3, 0.4) is 0 Å². The molecule has 60 valence electrons. The molecule has 0 aliphatic carbocycles. The first-order valence-corrected chi connectivity index (χ1v) is 5.61. The Morgan fingerprint density at radius 2 is 2.00 bits per heavy atom. The molecule has 0 unspecified atom stereocenters. The van der Waals surface area contributed by atoms with E-state index in [1.165, 1.54) is 0 Å². The van der Waals surface area contributed by atoms with E-state index in [0.29, 0.717) is 5.02 Å². The summed E-state index contributed by atoms with van der Waals surface area (Å²) in [6, 6.07) is 3.63. The second-order valence-corrected chi connectivity index (χ2v) is 4.42. The van der Waals surface area contributed by atoms with Crippen LogP contribution in [-0.2, 0) is 0 Å². The van der Waals surface area contributed by atoms with Crippen molar-refractivity contribution in [3.63, 3.8) is 0 Å². The Balaban J connectivity index is 3.24. The summed E-state index contributed by atoms with van der Waals surface area (Å²) in [6.07, 6.45) is 1.96. The molecule has 0 fully saturated rings. The van der Waals surface area contributed by atoms with E-state index in [-0.39, 0.29) is 0 Å². The van der Waals surface area contributed by atoms with Crippen molar-refractivity contribution < 1.29 is 0 Å². The minimum Gasteiger partial charge on any atom is -0.128 e. The highest BCUT2D eigenvalue weighted by molar-refractivity contribution is 9.10. The molecule has 0 radical (unpaired) electrons. The van der Waals surface area contributed by atoms with Gasteiger partial charge >= 0.3 is 0 Å². The topological polar surface area (TPSA) is 0 Å². The van der Waals surface area contributed by atoms with Gasteiger partial charge in [-0.25, -0.2) is 0 Å². The van der Waals surface area contributed by atoms with Crippen molar-refractivity contribution in [2.75, 3.05) is 6.26 Å². The normalized spacial score (nSPS) is 10.2. The highest BCUT2D eigenvalue weighted by Crippen LogP contribution is 2.34. The van der Waals surface area contributed by atoms with E-state index < -0.39 is 0 Å². The van der Waals surface area contributed by atoms with Gasteiger partial charge in [0.15, 0.2) is 0 Å². The molecule has 0 saturated carbocycles. The Labute approximate surface area is 88.4 Å². The van der Waals surface area contributed by atoms with Crippen LogP contribution >= 0.6 is 50.9 Å². The first-order chi connectivity index (χ1) is 5.15. The van der Waals surface area contributed by atoms with E-state index in [0.717, 1.165) is 14.4 Å². The highest BCUT2D eigenvalue weighted by Gasteiger charge is 2.04. The van der Waals surface area contributed by atoms with Gasteiger partial charge in [0.1, 0.15) is 0 Å². The zero-order valence-corrected chi connectivity index (χ0v) is 9.61. The van der Waals surface area contributed by atoms with Crippen LogP contribution < -0.4 is 0 Å². The van der Waals surface area contributed by atoms with Crippen molar-refractivity contribution in [3.05, 3.63) is 26.7 Å². The molecule has 0 heterocycles. The fraction of sp³-hybridized carbons (Fsp3) is 0.143. The van der Waals surface area contributed by atoms with E-state index in [2.05, 4.69) is 15.9 Å². The second kappa shape index (κ2) is 4.04. The lowest BCUT2D eigenvalue weighted by Gasteiger charge is -2.02. The molecule has 0 atom stereocenters. The molecule has 0 spiro atoms. The Bertz CT molecular complexity index is 275. The van der Waals surface area contributed by atoms with Gasteiger partial charge in [-0.15, -0.1) is 11.8 Å². The summed E-state index contributed by atoms with van der Waals surface area (Å²) in [5.74, 6) is 0. The lowest BCUT2D eigenvalue weighted by molar-refractivity contribution is 1.44. The molecule has 0 nitrogen and oxygen atoms in total. The predicted molar refractivity (Wildman–Crippen MR) is 55.9 cm³/mol. The van der Waals surface area contributed by atoms with Gasteiger partial charge < -0.3 is 0 Å². The van der Waals surface area contributed by atoms with E-state index >= 15 is 0 Å². The summed E-state index contributed by atoms with van der Waals surface area (Å²) < 4.78 is 0.844. The number of thioether (sulfide) groups is 1. The molecule has 0 saturated heterocycles. The number of hydrogen-bond acceptors (Lipinski definition) is 1. The summed E-state index contributed by atoms with van der Waals surface area (Å²) in [5, 5.41) is 1.42. The van der Waals surface area contributed by atoms with Crippen molar-refractivity contribution >= 4 is 50.9 Å². The van der Waals surface area contributed by atoms with E-state index in [9.17, 15) is 0 Å². The highest BCUT2D eigenvalue weighted by atomic mass is 79.9. The summed E-state index contributed by atoms with van der Waals surface area (Å²) in [5.41, 5.74) is 0. The van der Waals surface area contributed by atoms with Gasteiger partial charge in [0.2, 0.25) is 0 Å². The smallest absolute Gasteiger partial charge is 0.0684 e. The predicted octanol–water partition coefficient (Wildman–Crippen LogP) is 4.48. The van der Waals surface area contributed by atoms with Gasteiger partial charge in [0.05, 0.1) is 5.02 Å². The molecule has 1 aromatic carbocycles. The van der Waals surface area contributed by atoms with Gasteiger partial charge in [-0.2, -0.15) is 0 Å². The van der Waals surface area contributed by atoms with Crippen LogP contribution in [0.15, 0.2) is 21.5 Å². The summed E-state index contributed by atoms with van der Waals surface area (Å²) in [4.78, 5) is 0.992. The van der Waals surface area contributed by atoms with Crippen LogP contribution in [0.5, 0.6) is 0 Å². The maximum Gasteiger partial charge on any atom is 0.0684 e. The fourth-order valence-corrected chi connectivity index (χ4v) is 2.56. The van der Waals surface area contributed by atoms with Crippen molar-refractivity contribution in [2.45, 2.75) is 4.90 Å². The second-order valence-electron chi connectivity index (χ2n) is 1.90. The average molecular weight is 272 g/mol. The van der Waals surface area contributed by atoms with Gasteiger partial charge in [0, 0.05) is 14.4 Å². The van der Waals surface area contributed by atoms with Crippen LogP contribution in [0, 0.1) is 0 Å². The molecule has 4 heteroatoms. The maximum atomic E-state index is 5.94. The summed E-state index contributed by atoms with van der Waals surface area (Å²) in [6.45, 7) is 0. The first kappa shape index (κ1) is 9.72. The van der Waals surface area contributed by atoms with Crippen LogP contribution in [0.1, 0.15) is 0 Å². The standard InChI is InChI=1S/C7H5BrCl2S/c1-11-6-3-4(9)2-5(8)7(6)10/h2-3H,1H3. The van der Waals surface area contributed by atoms with Crippen LogP contribution in [0.4, 0.5) is 0 Å². The van der Waals surface area contributed by atoms with E-state index in [1.807, 2.05) is 12.3 Å². The van der Waals surface area contributed by atoms with Gasteiger partial charge in [-0.1, -0.05) is 23.2 Å². The molecule has 0 N–H and O–H groups in total. The van der Waals surface area contributed by atoms with Gasteiger partial charge in [-0.05, 0) is 34.3 Å². The number of rotatable bonds is 1. The minimum absolute atomic E-state index is 0.700. The molecular weight excluding hydrogens is 267 g/mol. The Hall–Kier alpha value is 0.630. The number of benzene rings is 1. The third-order valence-corrected chi connectivity index (χ3v) is 3.53. The van der Waals surface area contributed by atoms with E-state index in [4.69, 9.17) is 23.2 Å². The fourth-order valence-electron chi connectivity index (χ4n) is 0.681. The molecule has 0 bridgehead atoms.